The minimum Gasteiger partial charge on any atom is -0.366 e. The molecule has 0 N–H and O–H groups in total. The van der Waals surface area contributed by atoms with E-state index in [1.54, 1.807) is 11.0 Å². The largest absolute Gasteiger partial charge is 0.366 e. The lowest BCUT2D eigenvalue weighted by Gasteiger charge is -2.31. The zero-order valence-corrected chi connectivity index (χ0v) is 14.5. The molecule has 0 radical (unpaired) electrons. The molecular formula is C17H20ClN3O3. The number of ether oxygens (including phenoxy) is 1. The van der Waals surface area contributed by atoms with Crippen molar-refractivity contribution in [1.82, 2.24) is 15.0 Å². The van der Waals surface area contributed by atoms with Crippen molar-refractivity contribution >= 4 is 17.5 Å². The van der Waals surface area contributed by atoms with Gasteiger partial charge in [0.1, 0.15) is 6.10 Å². The highest BCUT2D eigenvalue weighted by Gasteiger charge is 2.29. The quantitative estimate of drug-likeness (QED) is 0.848. The predicted octanol–water partition coefficient (Wildman–Crippen LogP) is 2.99. The van der Waals surface area contributed by atoms with Gasteiger partial charge >= 0.3 is 0 Å². The summed E-state index contributed by atoms with van der Waals surface area (Å²) in [6, 6.07) is 7.35. The lowest BCUT2D eigenvalue weighted by Crippen LogP contribution is -2.43. The summed E-state index contributed by atoms with van der Waals surface area (Å²) in [4.78, 5) is 18.7. The van der Waals surface area contributed by atoms with Gasteiger partial charge in [-0.05, 0) is 17.7 Å². The van der Waals surface area contributed by atoms with Gasteiger partial charge in [0.15, 0.2) is 0 Å². The minimum absolute atomic E-state index is 0.0399. The number of hydrogen-bond donors (Lipinski definition) is 0. The normalized spacial score (nSPS) is 18.2. The van der Waals surface area contributed by atoms with E-state index in [9.17, 15) is 4.79 Å². The average Bonchev–Trinajstić information content (AvgIpc) is 3.05. The Morgan fingerprint density at radius 1 is 1.46 bits per heavy atom. The summed E-state index contributed by atoms with van der Waals surface area (Å²) in [6.45, 7) is 5.42. The lowest BCUT2D eigenvalue weighted by molar-refractivity contribution is -0.138. The molecular weight excluding hydrogens is 330 g/mol. The molecule has 1 aromatic heterocycles. The van der Waals surface area contributed by atoms with Crippen molar-refractivity contribution < 1.29 is 14.1 Å². The van der Waals surface area contributed by atoms with Crippen LogP contribution in [0.15, 0.2) is 28.8 Å². The monoisotopic (exact) mass is 349 g/mol. The summed E-state index contributed by atoms with van der Waals surface area (Å²) < 4.78 is 10.9. The van der Waals surface area contributed by atoms with Crippen LogP contribution in [0, 0.1) is 0 Å². The van der Waals surface area contributed by atoms with Gasteiger partial charge in [-0.25, -0.2) is 0 Å². The fourth-order valence-corrected chi connectivity index (χ4v) is 2.79. The van der Waals surface area contributed by atoms with Crippen LogP contribution in [0.1, 0.15) is 43.1 Å². The standard InChI is InChI=1S/C17H20ClN3O3/c1-11(2)17-19-16(20-24-17)14-10-21(6-7-23-14)15(22)9-12-4-3-5-13(18)8-12/h3-5,8,11,14H,6-7,9-10H2,1-2H3/t14-/m1/s1. The predicted molar refractivity (Wildman–Crippen MR) is 88.8 cm³/mol. The Labute approximate surface area is 145 Å². The summed E-state index contributed by atoms with van der Waals surface area (Å²) >= 11 is 5.97. The Morgan fingerprint density at radius 2 is 2.29 bits per heavy atom. The number of aromatic nitrogens is 2. The smallest absolute Gasteiger partial charge is 0.229 e. The van der Waals surface area contributed by atoms with Crippen LogP contribution in [-0.2, 0) is 16.0 Å². The first-order valence-electron chi connectivity index (χ1n) is 8.00. The fraction of sp³-hybridized carbons (Fsp3) is 0.471. The SMILES string of the molecule is CC(C)c1nc([C@H]2CN(C(=O)Cc3cccc(Cl)c3)CCO2)no1. The molecule has 2 aromatic rings. The van der Waals surface area contributed by atoms with Crippen LogP contribution < -0.4 is 0 Å². The van der Waals surface area contributed by atoms with Crippen molar-refractivity contribution in [2.24, 2.45) is 0 Å². The van der Waals surface area contributed by atoms with Gasteiger partial charge in [0.05, 0.1) is 19.6 Å². The topological polar surface area (TPSA) is 68.5 Å². The molecule has 0 bridgehead atoms. The Hall–Kier alpha value is -1.92. The summed E-state index contributed by atoms with van der Waals surface area (Å²) in [7, 11) is 0. The molecule has 2 heterocycles. The zero-order valence-electron chi connectivity index (χ0n) is 13.7. The molecule has 1 atom stereocenters. The van der Waals surface area contributed by atoms with E-state index in [1.807, 2.05) is 32.0 Å². The number of amides is 1. The number of morpholine rings is 1. The van der Waals surface area contributed by atoms with Crippen LogP contribution in [0.4, 0.5) is 0 Å². The van der Waals surface area contributed by atoms with Gasteiger partial charge in [0, 0.05) is 17.5 Å². The van der Waals surface area contributed by atoms with Crippen LogP contribution in [0.5, 0.6) is 0 Å². The van der Waals surface area contributed by atoms with Crippen LogP contribution in [-0.4, -0.2) is 40.6 Å². The van der Waals surface area contributed by atoms with Gasteiger partial charge < -0.3 is 14.2 Å². The van der Waals surface area contributed by atoms with E-state index in [4.69, 9.17) is 20.9 Å². The molecule has 0 unspecified atom stereocenters. The van der Waals surface area contributed by atoms with Gasteiger partial charge in [-0.3, -0.25) is 4.79 Å². The molecule has 24 heavy (non-hydrogen) atoms. The van der Waals surface area contributed by atoms with E-state index in [0.717, 1.165) is 5.56 Å². The van der Waals surface area contributed by atoms with Crippen molar-refractivity contribution in [1.29, 1.82) is 0 Å². The number of carbonyl (C=O) groups excluding carboxylic acids is 1. The van der Waals surface area contributed by atoms with E-state index < -0.39 is 0 Å². The Bertz CT molecular complexity index is 717. The third kappa shape index (κ3) is 3.94. The number of carbonyl (C=O) groups is 1. The molecule has 6 nitrogen and oxygen atoms in total. The van der Waals surface area contributed by atoms with Crippen molar-refractivity contribution in [3.63, 3.8) is 0 Å². The Morgan fingerprint density at radius 3 is 3.00 bits per heavy atom. The summed E-state index contributed by atoms with van der Waals surface area (Å²) in [5, 5.41) is 4.62. The molecule has 7 heteroatoms. The number of halogens is 1. The van der Waals surface area contributed by atoms with E-state index >= 15 is 0 Å². The second kappa shape index (κ2) is 7.32. The Kier molecular flexibility index (Phi) is 5.16. The minimum atomic E-state index is -0.349. The second-order valence-corrected chi connectivity index (χ2v) is 6.59. The van der Waals surface area contributed by atoms with Gasteiger partial charge in [-0.15, -0.1) is 0 Å². The average molecular weight is 350 g/mol. The third-order valence-corrected chi connectivity index (χ3v) is 4.14. The molecule has 0 spiro atoms. The lowest BCUT2D eigenvalue weighted by atomic mass is 10.1. The fourth-order valence-electron chi connectivity index (χ4n) is 2.58. The highest BCUT2D eigenvalue weighted by Crippen LogP contribution is 2.22. The van der Waals surface area contributed by atoms with Crippen molar-refractivity contribution in [2.75, 3.05) is 19.7 Å². The number of hydrogen-bond acceptors (Lipinski definition) is 5. The van der Waals surface area contributed by atoms with Crippen LogP contribution in [0.25, 0.3) is 0 Å². The highest BCUT2D eigenvalue weighted by atomic mass is 35.5. The molecule has 128 valence electrons. The van der Waals surface area contributed by atoms with Crippen molar-refractivity contribution in [2.45, 2.75) is 32.3 Å². The number of benzene rings is 1. The van der Waals surface area contributed by atoms with E-state index in [2.05, 4.69) is 10.1 Å². The molecule has 1 aromatic carbocycles. The third-order valence-electron chi connectivity index (χ3n) is 3.90. The van der Waals surface area contributed by atoms with Crippen LogP contribution >= 0.6 is 11.6 Å². The first kappa shape index (κ1) is 16.9. The van der Waals surface area contributed by atoms with Crippen LogP contribution in [0.3, 0.4) is 0 Å². The van der Waals surface area contributed by atoms with E-state index in [-0.39, 0.29) is 17.9 Å². The van der Waals surface area contributed by atoms with E-state index in [0.29, 0.717) is 42.9 Å². The first-order valence-corrected chi connectivity index (χ1v) is 8.38. The molecule has 3 rings (SSSR count). The number of rotatable bonds is 4. The maximum Gasteiger partial charge on any atom is 0.229 e. The molecule has 0 saturated carbocycles. The first-order chi connectivity index (χ1) is 11.5. The zero-order chi connectivity index (χ0) is 17.1. The van der Waals surface area contributed by atoms with E-state index in [1.165, 1.54) is 0 Å². The van der Waals surface area contributed by atoms with Crippen molar-refractivity contribution in [3.8, 4) is 0 Å². The molecule has 1 amide bonds. The molecule has 1 aliphatic rings. The summed E-state index contributed by atoms with van der Waals surface area (Å²) in [6.07, 6.45) is -0.0325. The maximum absolute atomic E-state index is 12.5. The van der Waals surface area contributed by atoms with Gasteiger partial charge in [0.2, 0.25) is 17.6 Å². The van der Waals surface area contributed by atoms with Gasteiger partial charge in [-0.2, -0.15) is 4.98 Å². The van der Waals surface area contributed by atoms with Gasteiger partial charge in [0.25, 0.3) is 0 Å². The van der Waals surface area contributed by atoms with Crippen LogP contribution in [0.2, 0.25) is 5.02 Å². The maximum atomic E-state index is 12.5. The molecule has 1 aliphatic heterocycles. The molecule has 1 fully saturated rings. The number of nitrogens with zero attached hydrogens (tertiary/aromatic N) is 3. The molecule has 0 aliphatic carbocycles. The van der Waals surface area contributed by atoms with Crippen molar-refractivity contribution in [3.05, 3.63) is 46.6 Å². The summed E-state index contributed by atoms with van der Waals surface area (Å²) in [5.74, 6) is 1.28. The second-order valence-electron chi connectivity index (χ2n) is 6.15. The van der Waals surface area contributed by atoms with Gasteiger partial charge in [-0.1, -0.05) is 42.7 Å². The summed E-state index contributed by atoms with van der Waals surface area (Å²) in [5.41, 5.74) is 0.900. The highest BCUT2D eigenvalue weighted by molar-refractivity contribution is 6.30. The Balaban J connectivity index is 1.65. The molecule has 1 saturated heterocycles.